The van der Waals surface area contributed by atoms with E-state index in [2.05, 4.69) is 18.8 Å². The second-order valence-electron chi connectivity index (χ2n) is 11.7. The van der Waals surface area contributed by atoms with Crippen molar-refractivity contribution in [1.82, 2.24) is 0 Å². The second-order valence-corrected chi connectivity index (χ2v) is 12.8. The third-order valence-corrected chi connectivity index (χ3v) is 8.44. The Morgan fingerprint density at radius 3 is 2.29 bits per heavy atom. The van der Waals surface area contributed by atoms with E-state index in [1.807, 2.05) is 25.7 Å². The molecule has 1 amide bonds. The number of carbonyl (C=O) groups excluding carboxylic acids is 1. The number of aromatic nitrogens is 1. The average molecular weight is 539 g/mol. The number of anilines is 1. The summed E-state index contributed by atoms with van der Waals surface area (Å²) in [6, 6.07) is 5.02. The van der Waals surface area contributed by atoms with Gasteiger partial charge < -0.3 is 20.0 Å². The van der Waals surface area contributed by atoms with Gasteiger partial charge in [0.2, 0.25) is 5.91 Å². The fourth-order valence-corrected chi connectivity index (χ4v) is 6.16. The Balaban J connectivity index is 1.60. The lowest BCUT2D eigenvalue weighted by atomic mass is 9.81. The quantitative estimate of drug-likeness (QED) is 0.275. The molecule has 2 aliphatic carbocycles. The lowest BCUT2D eigenvalue weighted by molar-refractivity contribution is -0.605. The molecule has 8 heteroatoms. The van der Waals surface area contributed by atoms with Crippen molar-refractivity contribution in [3.63, 3.8) is 0 Å². The summed E-state index contributed by atoms with van der Waals surface area (Å²) in [5.74, 6) is 6.53. The molecule has 0 radical (unpaired) electrons. The van der Waals surface area contributed by atoms with Crippen LogP contribution >= 0.6 is 11.3 Å². The Bertz CT molecular complexity index is 1190. The Hall–Kier alpha value is -3.05. The maximum atomic E-state index is 14.0. The van der Waals surface area contributed by atoms with Crippen molar-refractivity contribution in [3.05, 3.63) is 45.6 Å². The van der Waals surface area contributed by atoms with Crippen LogP contribution < -0.4 is 14.4 Å². The van der Waals surface area contributed by atoms with E-state index < -0.39 is 5.97 Å². The first-order valence-electron chi connectivity index (χ1n) is 13.6. The van der Waals surface area contributed by atoms with Crippen LogP contribution in [0.3, 0.4) is 0 Å². The zero-order chi connectivity index (χ0) is 27.4. The number of thiophene rings is 1. The lowest BCUT2D eigenvalue weighted by Crippen LogP contribution is -2.47. The number of hydrogen-bond acceptors (Lipinski definition) is 5. The normalized spacial score (nSPS) is 23.7. The predicted molar refractivity (Wildman–Crippen MR) is 148 cm³/mol. The monoisotopic (exact) mass is 538 g/mol. The van der Waals surface area contributed by atoms with Crippen LogP contribution in [0.15, 0.2) is 30.6 Å². The Morgan fingerprint density at radius 2 is 1.71 bits per heavy atom. The lowest BCUT2D eigenvalue weighted by Gasteiger charge is -2.39. The van der Waals surface area contributed by atoms with Gasteiger partial charge in [-0.2, -0.15) is 4.73 Å². The number of ether oxygens (including phenoxy) is 1. The van der Waals surface area contributed by atoms with E-state index in [9.17, 15) is 19.9 Å². The number of rotatable bonds is 6. The van der Waals surface area contributed by atoms with Gasteiger partial charge in [0.05, 0.1) is 16.7 Å². The van der Waals surface area contributed by atoms with Crippen molar-refractivity contribution >= 4 is 28.9 Å². The molecule has 0 saturated heterocycles. The zero-order valence-corrected chi connectivity index (χ0v) is 23.6. The van der Waals surface area contributed by atoms with Crippen molar-refractivity contribution in [1.29, 1.82) is 0 Å². The van der Waals surface area contributed by atoms with E-state index in [0.717, 1.165) is 54.6 Å². The van der Waals surface area contributed by atoms with Crippen LogP contribution in [0.5, 0.6) is 5.75 Å². The van der Waals surface area contributed by atoms with E-state index in [1.54, 1.807) is 18.2 Å². The summed E-state index contributed by atoms with van der Waals surface area (Å²) < 4.78 is 6.82. The highest BCUT2D eigenvalue weighted by Crippen LogP contribution is 2.39. The topological polar surface area (TPSA) is 93.8 Å². The number of nitrogens with zero attached hydrogens (tertiary/aromatic N) is 2. The van der Waals surface area contributed by atoms with Gasteiger partial charge in [0.25, 0.3) is 0 Å². The van der Waals surface area contributed by atoms with Gasteiger partial charge >= 0.3 is 5.97 Å². The molecule has 0 bridgehead atoms. The van der Waals surface area contributed by atoms with Crippen LogP contribution in [-0.2, 0) is 4.79 Å². The van der Waals surface area contributed by atoms with Crippen molar-refractivity contribution < 1.29 is 24.2 Å². The summed E-state index contributed by atoms with van der Waals surface area (Å²) in [6.07, 6.45) is 9.43. The first kappa shape index (κ1) is 28.0. The molecule has 2 aromatic rings. The van der Waals surface area contributed by atoms with Gasteiger partial charge in [0, 0.05) is 29.5 Å². The van der Waals surface area contributed by atoms with Gasteiger partial charge in [-0.1, -0.05) is 18.8 Å². The van der Waals surface area contributed by atoms with Crippen LogP contribution in [0, 0.1) is 34.3 Å². The molecule has 38 heavy (non-hydrogen) atoms. The molecule has 2 saturated carbocycles. The van der Waals surface area contributed by atoms with Crippen LogP contribution in [0.2, 0.25) is 0 Å². The van der Waals surface area contributed by atoms with Gasteiger partial charge in [-0.3, -0.25) is 4.79 Å². The molecule has 7 nitrogen and oxygen atoms in total. The first-order valence-corrected chi connectivity index (χ1v) is 14.4. The summed E-state index contributed by atoms with van der Waals surface area (Å²) in [4.78, 5) is 29.0. The Labute approximate surface area is 229 Å². The van der Waals surface area contributed by atoms with E-state index >= 15 is 0 Å². The van der Waals surface area contributed by atoms with Crippen molar-refractivity contribution in [2.24, 2.45) is 17.3 Å². The molecule has 2 aliphatic rings. The van der Waals surface area contributed by atoms with Gasteiger partial charge in [0.15, 0.2) is 12.4 Å². The summed E-state index contributed by atoms with van der Waals surface area (Å²) in [5.41, 5.74) is 0.268. The molecule has 2 heterocycles. The van der Waals surface area contributed by atoms with Gasteiger partial charge in [-0.25, -0.2) is 4.79 Å². The van der Waals surface area contributed by atoms with E-state index in [1.165, 1.54) is 12.4 Å². The largest absolute Gasteiger partial charge is 0.619 e. The van der Waals surface area contributed by atoms with E-state index in [-0.39, 0.29) is 34.3 Å². The SMILES string of the molecule is CC1CCC(C(=O)N(c2cc(C#CC(C)(C)C)sc2C(=O)O)C2CCC(Oc3cc[n+]([O-])cc3)CC2)CC1. The number of carboxylic acid groups (broad SMARTS) is 1. The molecular weight excluding hydrogens is 500 g/mol. The summed E-state index contributed by atoms with van der Waals surface area (Å²) in [7, 11) is 0. The summed E-state index contributed by atoms with van der Waals surface area (Å²) in [5, 5.41) is 21.4. The molecule has 0 aromatic carbocycles. The van der Waals surface area contributed by atoms with E-state index in [0.29, 0.717) is 35.1 Å². The number of amides is 1. The van der Waals surface area contributed by atoms with E-state index in [4.69, 9.17) is 4.74 Å². The Kier molecular flexibility index (Phi) is 8.67. The molecule has 0 unspecified atom stereocenters. The maximum Gasteiger partial charge on any atom is 0.348 e. The highest BCUT2D eigenvalue weighted by Gasteiger charge is 2.37. The number of aromatic carboxylic acids is 1. The molecule has 0 aliphatic heterocycles. The zero-order valence-electron chi connectivity index (χ0n) is 22.7. The smallest absolute Gasteiger partial charge is 0.348 e. The Morgan fingerprint density at radius 1 is 1.08 bits per heavy atom. The number of pyridine rings is 1. The van der Waals surface area contributed by atoms with Crippen LogP contribution in [0.1, 0.15) is 93.6 Å². The third kappa shape index (κ3) is 7.08. The van der Waals surface area contributed by atoms with Crippen LogP contribution in [0.4, 0.5) is 5.69 Å². The highest BCUT2D eigenvalue weighted by atomic mass is 32.1. The molecule has 4 rings (SSSR count). The summed E-state index contributed by atoms with van der Waals surface area (Å²) >= 11 is 1.15. The molecule has 0 spiro atoms. The molecule has 1 N–H and O–H groups in total. The van der Waals surface area contributed by atoms with Crippen molar-refractivity contribution in [2.75, 3.05) is 4.90 Å². The van der Waals surface area contributed by atoms with Gasteiger partial charge in [-0.05, 0) is 84.1 Å². The highest BCUT2D eigenvalue weighted by molar-refractivity contribution is 7.15. The minimum atomic E-state index is -1.03. The minimum Gasteiger partial charge on any atom is -0.619 e. The molecule has 0 atom stereocenters. The average Bonchev–Trinajstić information content (AvgIpc) is 3.30. The number of carboxylic acids is 1. The standard InChI is InChI=1S/C30H38N2O5S/c1-20-5-7-21(8-6-20)28(33)32(26-19-25(13-16-30(2,3)4)38-27(26)29(34)35)22-9-11-23(12-10-22)37-24-14-17-31(36)18-15-24/h14-15,17-23H,5-12H2,1-4H3,(H,34,35). The fraction of sp³-hybridized carbons (Fsp3) is 0.567. The number of hydrogen-bond donors (Lipinski definition) is 1. The molecular formula is C30H38N2O5S. The van der Waals surface area contributed by atoms with Crippen molar-refractivity contribution in [2.45, 2.75) is 91.2 Å². The maximum absolute atomic E-state index is 14.0. The molecule has 2 aromatic heterocycles. The van der Waals surface area contributed by atoms with Gasteiger partial charge in [-0.15, -0.1) is 11.3 Å². The first-order chi connectivity index (χ1) is 18.0. The number of carbonyl (C=O) groups is 2. The third-order valence-electron chi connectivity index (χ3n) is 7.41. The van der Waals surface area contributed by atoms with Gasteiger partial charge in [0.1, 0.15) is 10.6 Å². The van der Waals surface area contributed by atoms with Crippen LogP contribution in [-0.4, -0.2) is 29.1 Å². The second kappa shape index (κ2) is 11.8. The van der Waals surface area contributed by atoms with Crippen LogP contribution in [0.25, 0.3) is 0 Å². The summed E-state index contributed by atoms with van der Waals surface area (Å²) in [6.45, 7) is 8.27. The minimum absolute atomic E-state index is 0.0177. The predicted octanol–water partition coefficient (Wildman–Crippen LogP) is 6.03. The fourth-order valence-electron chi connectivity index (χ4n) is 5.31. The molecule has 2 fully saturated rings. The van der Waals surface area contributed by atoms with Crippen molar-refractivity contribution in [3.8, 4) is 17.6 Å². The molecule has 204 valence electrons.